The van der Waals surface area contributed by atoms with Gasteiger partial charge in [-0.2, -0.15) is 11.8 Å². The van der Waals surface area contributed by atoms with Crippen LogP contribution < -0.4 is 5.32 Å². The molecule has 2 unspecified atom stereocenters. The third-order valence-electron chi connectivity index (χ3n) is 4.22. The summed E-state index contributed by atoms with van der Waals surface area (Å²) in [7, 11) is 2.29. The molecule has 4 heteroatoms. The Kier molecular flexibility index (Phi) is 5.60. The highest BCUT2D eigenvalue weighted by atomic mass is 32.2. The zero-order valence-corrected chi connectivity index (χ0v) is 11.7. The van der Waals surface area contributed by atoms with Gasteiger partial charge >= 0.3 is 0 Å². The van der Waals surface area contributed by atoms with E-state index in [-0.39, 0.29) is 0 Å². The Morgan fingerprint density at radius 3 is 2.59 bits per heavy atom. The van der Waals surface area contributed by atoms with Gasteiger partial charge in [0.15, 0.2) is 0 Å². The summed E-state index contributed by atoms with van der Waals surface area (Å²) >= 11 is 1.95. The molecule has 0 radical (unpaired) electrons. The maximum atomic E-state index is 8.68. The molecule has 2 N–H and O–H groups in total. The third-order valence-corrected chi connectivity index (χ3v) is 5.29. The molecule has 100 valence electrons. The van der Waals surface area contributed by atoms with E-state index in [0.717, 1.165) is 36.8 Å². The molecule has 0 saturated carbocycles. The lowest BCUT2D eigenvalue weighted by molar-refractivity contribution is 0.150. The fourth-order valence-electron chi connectivity index (χ4n) is 3.18. The van der Waals surface area contributed by atoms with E-state index >= 15 is 0 Å². The summed E-state index contributed by atoms with van der Waals surface area (Å²) in [5, 5.41) is 12.4. The Morgan fingerprint density at radius 2 is 1.94 bits per heavy atom. The minimum Gasteiger partial charge on any atom is -0.396 e. The number of rotatable bonds is 7. The van der Waals surface area contributed by atoms with Crippen LogP contribution in [0.2, 0.25) is 0 Å². The molecule has 2 fully saturated rings. The predicted octanol–water partition coefficient (Wildman–Crippen LogP) is 1.32. The number of nitrogens with zero attached hydrogens (tertiary/aromatic N) is 1. The van der Waals surface area contributed by atoms with Crippen LogP contribution in [0.4, 0.5) is 0 Å². The van der Waals surface area contributed by atoms with Crippen molar-refractivity contribution in [3.05, 3.63) is 0 Å². The predicted molar refractivity (Wildman–Crippen MR) is 74.6 cm³/mol. The van der Waals surface area contributed by atoms with Gasteiger partial charge in [0, 0.05) is 37.0 Å². The lowest BCUT2D eigenvalue weighted by Gasteiger charge is -2.36. The Balaban J connectivity index is 1.55. The first-order valence-corrected chi connectivity index (χ1v) is 8.10. The smallest absolute Gasteiger partial charge is 0.0438 e. The lowest BCUT2D eigenvalue weighted by Crippen LogP contribution is -2.47. The number of hydrogen-bond donors (Lipinski definition) is 2. The topological polar surface area (TPSA) is 35.5 Å². The van der Waals surface area contributed by atoms with E-state index in [1.807, 2.05) is 11.8 Å². The van der Waals surface area contributed by atoms with Crippen LogP contribution in [0.25, 0.3) is 0 Å². The Hall–Kier alpha value is 0.230. The van der Waals surface area contributed by atoms with E-state index in [9.17, 15) is 0 Å². The number of fused-ring (bicyclic) bond motifs is 2. The SMILES string of the molecule is CN1C2CCC1CC(NCCSCCCO)C2. The molecule has 2 bridgehead atoms. The molecule has 2 aliphatic rings. The zero-order chi connectivity index (χ0) is 12.1. The van der Waals surface area contributed by atoms with Gasteiger partial charge in [-0.05, 0) is 44.9 Å². The van der Waals surface area contributed by atoms with Gasteiger partial charge in [-0.3, -0.25) is 0 Å². The van der Waals surface area contributed by atoms with Crippen LogP contribution in [0.5, 0.6) is 0 Å². The quantitative estimate of drug-likeness (QED) is 0.675. The van der Waals surface area contributed by atoms with E-state index in [2.05, 4.69) is 17.3 Å². The van der Waals surface area contributed by atoms with Crippen LogP contribution in [-0.2, 0) is 0 Å². The number of piperidine rings is 1. The number of aliphatic hydroxyl groups excluding tert-OH is 1. The standard InChI is InChI=1S/C13H26N2OS/c1-15-12-3-4-13(15)10-11(9-12)14-5-8-17-7-2-6-16/h11-14,16H,2-10H2,1H3. The zero-order valence-electron chi connectivity index (χ0n) is 10.9. The highest BCUT2D eigenvalue weighted by Gasteiger charge is 2.37. The molecule has 2 saturated heterocycles. The van der Waals surface area contributed by atoms with Gasteiger partial charge in [0.1, 0.15) is 0 Å². The van der Waals surface area contributed by atoms with Gasteiger partial charge in [-0.15, -0.1) is 0 Å². The van der Waals surface area contributed by atoms with Crippen molar-refractivity contribution in [1.82, 2.24) is 10.2 Å². The van der Waals surface area contributed by atoms with Crippen molar-refractivity contribution in [2.24, 2.45) is 0 Å². The van der Waals surface area contributed by atoms with Crippen molar-refractivity contribution in [2.45, 2.75) is 50.2 Å². The molecule has 2 atom stereocenters. The summed E-state index contributed by atoms with van der Waals surface area (Å²) in [6.07, 6.45) is 6.43. The molecule has 3 nitrogen and oxygen atoms in total. The minimum atomic E-state index is 0.332. The average Bonchev–Trinajstić information content (AvgIpc) is 2.55. The van der Waals surface area contributed by atoms with Crippen molar-refractivity contribution in [3.8, 4) is 0 Å². The number of nitrogens with one attached hydrogen (secondary N) is 1. The van der Waals surface area contributed by atoms with Crippen LogP contribution in [0.3, 0.4) is 0 Å². The molecular weight excluding hydrogens is 232 g/mol. The first-order valence-electron chi connectivity index (χ1n) is 6.95. The average molecular weight is 258 g/mol. The maximum Gasteiger partial charge on any atom is 0.0438 e. The summed E-state index contributed by atoms with van der Waals surface area (Å²) in [6.45, 7) is 1.46. The first-order chi connectivity index (χ1) is 8.31. The summed E-state index contributed by atoms with van der Waals surface area (Å²) in [5.41, 5.74) is 0. The van der Waals surface area contributed by atoms with Gasteiger partial charge in [0.05, 0.1) is 0 Å². The minimum absolute atomic E-state index is 0.332. The summed E-state index contributed by atoms with van der Waals surface area (Å²) in [6, 6.07) is 2.43. The van der Waals surface area contributed by atoms with Crippen molar-refractivity contribution in [2.75, 3.05) is 31.7 Å². The summed E-state index contributed by atoms with van der Waals surface area (Å²) < 4.78 is 0. The summed E-state index contributed by atoms with van der Waals surface area (Å²) in [4.78, 5) is 2.59. The Morgan fingerprint density at radius 1 is 1.24 bits per heavy atom. The Bertz CT molecular complexity index is 213. The van der Waals surface area contributed by atoms with Crippen LogP contribution in [0.1, 0.15) is 32.1 Å². The molecule has 2 aliphatic heterocycles. The number of thioether (sulfide) groups is 1. The second kappa shape index (κ2) is 6.98. The second-order valence-electron chi connectivity index (χ2n) is 5.36. The third kappa shape index (κ3) is 3.85. The molecule has 0 spiro atoms. The van der Waals surface area contributed by atoms with Crippen LogP contribution in [-0.4, -0.2) is 59.8 Å². The van der Waals surface area contributed by atoms with Crippen LogP contribution in [0.15, 0.2) is 0 Å². The second-order valence-corrected chi connectivity index (χ2v) is 6.59. The van der Waals surface area contributed by atoms with Crippen molar-refractivity contribution in [3.63, 3.8) is 0 Å². The molecular formula is C13H26N2OS. The maximum absolute atomic E-state index is 8.68. The van der Waals surface area contributed by atoms with Crippen molar-refractivity contribution >= 4 is 11.8 Å². The molecule has 0 aliphatic carbocycles. The van der Waals surface area contributed by atoms with Crippen LogP contribution in [0, 0.1) is 0 Å². The van der Waals surface area contributed by atoms with Gasteiger partial charge < -0.3 is 15.3 Å². The van der Waals surface area contributed by atoms with Gasteiger partial charge in [-0.1, -0.05) is 0 Å². The molecule has 0 aromatic carbocycles. The molecule has 2 rings (SSSR count). The van der Waals surface area contributed by atoms with Crippen molar-refractivity contribution < 1.29 is 5.11 Å². The van der Waals surface area contributed by atoms with E-state index < -0.39 is 0 Å². The van der Waals surface area contributed by atoms with E-state index in [0.29, 0.717) is 6.61 Å². The Labute approximate surface area is 109 Å². The van der Waals surface area contributed by atoms with Gasteiger partial charge in [-0.25, -0.2) is 0 Å². The van der Waals surface area contributed by atoms with E-state index in [4.69, 9.17) is 5.11 Å². The highest BCUT2D eigenvalue weighted by molar-refractivity contribution is 7.99. The largest absolute Gasteiger partial charge is 0.396 e. The normalized spacial score (nSPS) is 33.2. The molecule has 0 aromatic heterocycles. The van der Waals surface area contributed by atoms with E-state index in [1.54, 1.807) is 0 Å². The summed E-state index contributed by atoms with van der Waals surface area (Å²) in [5.74, 6) is 2.28. The van der Waals surface area contributed by atoms with Crippen LogP contribution >= 0.6 is 11.8 Å². The van der Waals surface area contributed by atoms with Gasteiger partial charge in [0.2, 0.25) is 0 Å². The molecule has 0 aromatic rings. The van der Waals surface area contributed by atoms with Gasteiger partial charge in [0.25, 0.3) is 0 Å². The monoisotopic (exact) mass is 258 g/mol. The molecule has 2 heterocycles. The number of aliphatic hydroxyl groups is 1. The number of hydrogen-bond acceptors (Lipinski definition) is 4. The first kappa shape index (κ1) is 13.7. The lowest BCUT2D eigenvalue weighted by atomic mass is 9.98. The fraction of sp³-hybridized carbons (Fsp3) is 1.00. The molecule has 17 heavy (non-hydrogen) atoms. The van der Waals surface area contributed by atoms with E-state index in [1.165, 1.54) is 31.4 Å². The highest BCUT2D eigenvalue weighted by Crippen LogP contribution is 2.34. The fourth-order valence-corrected chi connectivity index (χ4v) is 3.98. The van der Waals surface area contributed by atoms with Crippen molar-refractivity contribution in [1.29, 1.82) is 0 Å². The molecule has 0 amide bonds.